The lowest BCUT2D eigenvalue weighted by Gasteiger charge is -2.29. The van der Waals surface area contributed by atoms with Crippen molar-refractivity contribution in [2.45, 2.75) is 77.2 Å². The highest BCUT2D eigenvalue weighted by atomic mass is 31.2. The number of unbranched alkanes of at least 4 members (excludes halogenated alkanes) is 5. The van der Waals surface area contributed by atoms with Gasteiger partial charge in [-0.1, -0.05) is 56.9 Å². The van der Waals surface area contributed by atoms with Crippen LogP contribution in [0.1, 0.15) is 69.4 Å². The molecular weight excluding hydrogens is 429 g/mol. The van der Waals surface area contributed by atoms with E-state index in [0.29, 0.717) is 10.9 Å². The van der Waals surface area contributed by atoms with Crippen molar-refractivity contribution in [3.8, 4) is 0 Å². The van der Waals surface area contributed by atoms with E-state index in [-0.39, 0.29) is 19.6 Å². The second-order valence-electron chi connectivity index (χ2n) is 9.54. The number of rotatable bonds is 18. The summed E-state index contributed by atoms with van der Waals surface area (Å²) in [6.07, 6.45) is 8.42. The summed E-state index contributed by atoms with van der Waals surface area (Å²) in [7, 11) is 1.30. The molecule has 0 spiro atoms. The summed E-state index contributed by atoms with van der Waals surface area (Å²) in [5, 5.41) is 9.03. The molecule has 0 bridgehead atoms. The number of hydrogen-bond donors (Lipinski definition) is 2. The van der Waals surface area contributed by atoms with E-state index in [1.54, 1.807) is 0 Å². The molecule has 0 heterocycles. The van der Waals surface area contributed by atoms with Crippen molar-refractivity contribution in [2.75, 3.05) is 34.3 Å². The molecule has 0 aliphatic rings. The van der Waals surface area contributed by atoms with E-state index in [0.717, 1.165) is 25.7 Å². The summed E-state index contributed by atoms with van der Waals surface area (Å²) in [4.78, 5) is 21.0. The molecule has 0 aromatic heterocycles. The molecule has 0 aliphatic carbocycles. The number of likely N-dealkylation sites (N-methyl/N-ethyl adjacent to an activating group) is 1. The second-order valence-corrected chi connectivity index (χ2v) is 10.9. The van der Waals surface area contributed by atoms with E-state index in [9.17, 15) is 14.3 Å². The predicted octanol–water partition coefficient (Wildman–Crippen LogP) is 5.21. The molecule has 2 unspecified atom stereocenters. The lowest BCUT2D eigenvalue weighted by molar-refractivity contribution is -0.873. The fraction of sp³-hybridized carbons (Fsp3) is 0.708. The molecule has 184 valence electrons. The highest BCUT2D eigenvalue weighted by Crippen LogP contribution is 2.45. The van der Waals surface area contributed by atoms with E-state index < -0.39 is 19.9 Å². The van der Waals surface area contributed by atoms with Gasteiger partial charge in [0, 0.05) is 0 Å². The third kappa shape index (κ3) is 14.8. The predicted molar refractivity (Wildman–Crippen MR) is 128 cm³/mol. The first kappa shape index (κ1) is 28.8. The van der Waals surface area contributed by atoms with Gasteiger partial charge in [-0.2, -0.15) is 0 Å². The van der Waals surface area contributed by atoms with Gasteiger partial charge in [0.15, 0.2) is 0 Å². The van der Waals surface area contributed by atoms with Crippen molar-refractivity contribution in [1.82, 2.24) is 0 Å². The topological polar surface area (TPSA) is 93.1 Å². The number of aliphatic carboxylic acids is 1. The van der Waals surface area contributed by atoms with Crippen LogP contribution < -0.4 is 0 Å². The number of phosphoric ester groups is 1. The first-order valence-corrected chi connectivity index (χ1v) is 13.3. The standard InChI is InChI=1S/C24H42NO6P/c1-5-6-7-9-13-21-15-12-16-22(18-21)14-10-8-11-17-30-32(28,29)31-23(19-24(26)27)20-25(2,3)4/h12,15-16,18,23H,5-11,13-14,17,19-20H2,1-4H3,(H-,26,27,28,29)/p+1. The lowest BCUT2D eigenvalue weighted by atomic mass is 10.0. The Morgan fingerprint density at radius 3 is 2.16 bits per heavy atom. The average molecular weight is 473 g/mol. The largest absolute Gasteiger partial charge is 0.481 e. The van der Waals surface area contributed by atoms with Gasteiger partial charge in [-0.05, 0) is 43.2 Å². The van der Waals surface area contributed by atoms with Gasteiger partial charge in [0.2, 0.25) is 0 Å². The first-order chi connectivity index (χ1) is 15.0. The fourth-order valence-corrected chi connectivity index (χ4v) is 4.58. The van der Waals surface area contributed by atoms with Crippen LogP contribution in [-0.4, -0.2) is 60.9 Å². The van der Waals surface area contributed by atoms with Gasteiger partial charge < -0.3 is 14.5 Å². The first-order valence-electron chi connectivity index (χ1n) is 11.8. The van der Waals surface area contributed by atoms with Gasteiger partial charge in [-0.15, -0.1) is 0 Å². The molecule has 2 atom stereocenters. The van der Waals surface area contributed by atoms with Crippen LogP contribution in [0.4, 0.5) is 0 Å². The fourth-order valence-electron chi connectivity index (χ4n) is 3.64. The van der Waals surface area contributed by atoms with Crippen LogP contribution >= 0.6 is 7.82 Å². The summed E-state index contributed by atoms with van der Waals surface area (Å²) in [5.41, 5.74) is 2.72. The van der Waals surface area contributed by atoms with Gasteiger partial charge in [-0.25, -0.2) is 4.57 Å². The van der Waals surface area contributed by atoms with Gasteiger partial charge >= 0.3 is 13.8 Å². The highest BCUT2D eigenvalue weighted by molar-refractivity contribution is 7.47. The third-order valence-corrected chi connectivity index (χ3v) is 6.18. The molecule has 2 N–H and O–H groups in total. The number of carboxylic acid groups (broad SMARTS) is 1. The molecule has 0 amide bonds. The zero-order chi connectivity index (χ0) is 24.0. The number of benzene rings is 1. The molecular formula is C24H43NO6P+. The molecule has 0 saturated carbocycles. The van der Waals surface area contributed by atoms with E-state index in [1.807, 2.05) is 21.1 Å². The van der Waals surface area contributed by atoms with Crippen LogP contribution in [0, 0.1) is 0 Å². The molecule has 0 fully saturated rings. The smallest absolute Gasteiger partial charge is 0.472 e. The molecule has 0 radical (unpaired) electrons. The quantitative estimate of drug-likeness (QED) is 0.173. The van der Waals surface area contributed by atoms with E-state index in [4.69, 9.17) is 14.2 Å². The minimum absolute atomic E-state index is 0.107. The van der Waals surface area contributed by atoms with Crippen molar-refractivity contribution >= 4 is 13.8 Å². The van der Waals surface area contributed by atoms with Crippen LogP contribution in [-0.2, 0) is 31.2 Å². The summed E-state index contributed by atoms with van der Waals surface area (Å²) in [6.45, 7) is 2.62. The van der Waals surface area contributed by atoms with E-state index >= 15 is 0 Å². The van der Waals surface area contributed by atoms with Crippen molar-refractivity contribution in [3.63, 3.8) is 0 Å². The van der Waals surface area contributed by atoms with Crippen LogP contribution in [0.3, 0.4) is 0 Å². The van der Waals surface area contributed by atoms with Crippen LogP contribution in [0.2, 0.25) is 0 Å². The van der Waals surface area contributed by atoms with Crippen molar-refractivity contribution in [1.29, 1.82) is 0 Å². The third-order valence-electron chi connectivity index (χ3n) is 5.11. The number of carbonyl (C=O) groups is 1. The average Bonchev–Trinajstić information content (AvgIpc) is 2.66. The van der Waals surface area contributed by atoms with Gasteiger partial charge in [0.05, 0.1) is 34.2 Å². The molecule has 32 heavy (non-hydrogen) atoms. The molecule has 0 saturated heterocycles. The Kier molecular flexibility index (Phi) is 13.3. The second kappa shape index (κ2) is 14.8. The number of hydrogen-bond acceptors (Lipinski definition) is 4. The SMILES string of the molecule is CCCCCCc1cccc(CCCCCOP(=O)(O)OC(CC(=O)O)C[N+](C)(C)C)c1. The van der Waals surface area contributed by atoms with Crippen molar-refractivity contribution in [2.24, 2.45) is 0 Å². The van der Waals surface area contributed by atoms with Gasteiger partial charge in [0.25, 0.3) is 0 Å². The van der Waals surface area contributed by atoms with Crippen LogP contribution in [0.15, 0.2) is 24.3 Å². The van der Waals surface area contributed by atoms with Crippen LogP contribution in [0.25, 0.3) is 0 Å². The summed E-state index contributed by atoms with van der Waals surface area (Å²) in [5.74, 6) is -1.08. The molecule has 1 aromatic carbocycles. The van der Waals surface area contributed by atoms with Gasteiger partial charge in [0.1, 0.15) is 12.6 Å². The normalized spacial score (nSPS) is 14.8. The summed E-state index contributed by atoms with van der Waals surface area (Å²) in [6, 6.07) is 8.75. The zero-order valence-corrected chi connectivity index (χ0v) is 21.2. The van der Waals surface area contributed by atoms with Gasteiger partial charge in [-0.3, -0.25) is 13.8 Å². The zero-order valence-electron chi connectivity index (χ0n) is 20.3. The Balaban J connectivity index is 2.32. The molecule has 8 heteroatoms. The minimum atomic E-state index is -4.29. The van der Waals surface area contributed by atoms with Crippen molar-refractivity contribution < 1.29 is 32.9 Å². The molecule has 1 rings (SSSR count). The Hall–Kier alpha value is -1.24. The lowest BCUT2D eigenvalue weighted by Crippen LogP contribution is -2.42. The Bertz CT molecular complexity index is 719. The van der Waals surface area contributed by atoms with E-state index in [2.05, 4.69) is 31.2 Å². The summed E-state index contributed by atoms with van der Waals surface area (Å²) < 4.78 is 22.9. The monoisotopic (exact) mass is 472 g/mol. The number of carboxylic acids is 1. The molecule has 0 aliphatic heterocycles. The number of quaternary nitrogens is 1. The number of phosphoric acid groups is 1. The highest BCUT2D eigenvalue weighted by Gasteiger charge is 2.31. The Morgan fingerprint density at radius 1 is 1.03 bits per heavy atom. The minimum Gasteiger partial charge on any atom is -0.481 e. The number of nitrogens with zero attached hydrogens (tertiary/aromatic N) is 1. The maximum Gasteiger partial charge on any atom is 0.472 e. The Morgan fingerprint density at radius 2 is 1.62 bits per heavy atom. The van der Waals surface area contributed by atoms with E-state index in [1.165, 1.54) is 36.8 Å². The maximum absolute atomic E-state index is 12.2. The maximum atomic E-state index is 12.2. The Labute approximate surface area is 193 Å². The summed E-state index contributed by atoms with van der Waals surface area (Å²) >= 11 is 0. The number of aryl methyl sites for hydroxylation is 2. The van der Waals surface area contributed by atoms with Crippen molar-refractivity contribution in [3.05, 3.63) is 35.4 Å². The van der Waals surface area contributed by atoms with Crippen LogP contribution in [0.5, 0.6) is 0 Å². The molecule has 7 nitrogen and oxygen atoms in total. The molecule has 1 aromatic rings.